The summed E-state index contributed by atoms with van der Waals surface area (Å²) in [6.45, 7) is 5.45. The van der Waals surface area contributed by atoms with Crippen LogP contribution in [0.4, 0.5) is 0 Å². The first-order valence-electron chi connectivity index (χ1n) is 6.20. The smallest absolute Gasteiger partial charge is 0.251 e. The maximum absolute atomic E-state index is 11.8. The highest BCUT2D eigenvalue weighted by molar-refractivity contribution is 5.83. The summed E-state index contributed by atoms with van der Waals surface area (Å²) in [5.41, 5.74) is 1.09. The Balaban J connectivity index is 1.78. The van der Waals surface area contributed by atoms with Crippen molar-refractivity contribution in [3.63, 3.8) is 0 Å². The standard InChI is InChI=1S/C14H19NO2/c1-3-11(2)13-9-15(14(13)16)17-10-12-7-5-4-6-8-12/h4-8,11,13H,3,9-10H2,1-2H3/t11?,13-/m0/s1. The molecule has 0 radical (unpaired) electrons. The number of carbonyl (C=O) groups is 1. The van der Waals surface area contributed by atoms with Crippen LogP contribution in [0.1, 0.15) is 25.8 Å². The van der Waals surface area contributed by atoms with Crippen LogP contribution in [0.15, 0.2) is 30.3 Å². The zero-order valence-corrected chi connectivity index (χ0v) is 10.4. The van der Waals surface area contributed by atoms with Crippen LogP contribution in [-0.2, 0) is 16.2 Å². The molecule has 1 saturated heterocycles. The number of carbonyl (C=O) groups excluding carboxylic acids is 1. The molecule has 2 rings (SSSR count). The number of benzene rings is 1. The Morgan fingerprint density at radius 1 is 1.41 bits per heavy atom. The van der Waals surface area contributed by atoms with E-state index in [0.717, 1.165) is 18.5 Å². The largest absolute Gasteiger partial charge is 0.272 e. The highest BCUT2D eigenvalue weighted by Crippen LogP contribution is 2.27. The van der Waals surface area contributed by atoms with Gasteiger partial charge in [-0.2, -0.15) is 0 Å². The minimum atomic E-state index is 0.135. The van der Waals surface area contributed by atoms with Crippen LogP contribution in [0.2, 0.25) is 0 Å². The molecule has 92 valence electrons. The van der Waals surface area contributed by atoms with Crippen molar-refractivity contribution in [1.82, 2.24) is 5.06 Å². The number of hydroxylamine groups is 2. The average Bonchev–Trinajstić information content (AvgIpc) is 2.37. The van der Waals surface area contributed by atoms with Crippen LogP contribution < -0.4 is 0 Å². The number of hydrogen-bond donors (Lipinski definition) is 0. The summed E-state index contributed by atoms with van der Waals surface area (Å²) in [7, 11) is 0. The second-order valence-electron chi connectivity index (χ2n) is 4.65. The third-order valence-electron chi connectivity index (χ3n) is 3.49. The number of rotatable bonds is 5. The van der Waals surface area contributed by atoms with Crippen LogP contribution in [0.5, 0.6) is 0 Å². The molecule has 3 nitrogen and oxygen atoms in total. The van der Waals surface area contributed by atoms with Crippen molar-refractivity contribution < 1.29 is 9.63 Å². The average molecular weight is 233 g/mol. The van der Waals surface area contributed by atoms with E-state index < -0.39 is 0 Å². The van der Waals surface area contributed by atoms with E-state index >= 15 is 0 Å². The van der Waals surface area contributed by atoms with Gasteiger partial charge in [0.1, 0.15) is 6.61 Å². The van der Waals surface area contributed by atoms with Gasteiger partial charge in [0.15, 0.2) is 0 Å². The van der Waals surface area contributed by atoms with Gasteiger partial charge in [0.25, 0.3) is 5.91 Å². The molecule has 1 aromatic carbocycles. The van der Waals surface area contributed by atoms with Crippen LogP contribution >= 0.6 is 0 Å². The summed E-state index contributed by atoms with van der Waals surface area (Å²) >= 11 is 0. The number of β-lactam (4-membered cyclic amide) rings is 1. The van der Waals surface area contributed by atoms with E-state index in [4.69, 9.17) is 4.84 Å². The molecule has 1 heterocycles. The molecule has 1 aliphatic rings. The van der Waals surface area contributed by atoms with E-state index in [1.54, 1.807) is 0 Å². The van der Waals surface area contributed by atoms with E-state index in [-0.39, 0.29) is 11.8 Å². The molecule has 0 bridgehead atoms. The molecule has 1 fully saturated rings. The molecule has 1 aromatic rings. The van der Waals surface area contributed by atoms with Crippen molar-refractivity contribution in [2.45, 2.75) is 26.9 Å². The first-order valence-corrected chi connectivity index (χ1v) is 6.20. The monoisotopic (exact) mass is 233 g/mol. The Morgan fingerprint density at radius 2 is 2.12 bits per heavy atom. The second-order valence-corrected chi connectivity index (χ2v) is 4.65. The van der Waals surface area contributed by atoms with Crippen LogP contribution in [0.3, 0.4) is 0 Å². The van der Waals surface area contributed by atoms with E-state index in [1.807, 2.05) is 30.3 Å². The Hall–Kier alpha value is -1.35. The van der Waals surface area contributed by atoms with Gasteiger partial charge >= 0.3 is 0 Å². The fourth-order valence-electron chi connectivity index (χ4n) is 1.97. The van der Waals surface area contributed by atoms with Gasteiger partial charge in [-0.3, -0.25) is 9.63 Å². The molecule has 0 N–H and O–H groups in total. The summed E-state index contributed by atoms with van der Waals surface area (Å²) in [5.74, 6) is 0.755. The molecule has 2 atom stereocenters. The summed E-state index contributed by atoms with van der Waals surface area (Å²) < 4.78 is 0. The second kappa shape index (κ2) is 5.32. The summed E-state index contributed by atoms with van der Waals surface area (Å²) in [6.07, 6.45) is 1.04. The van der Waals surface area contributed by atoms with Crippen LogP contribution in [0.25, 0.3) is 0 Å². The zero-order valence-electron chi connectivity index (χ0n) is 10.4. The highest BCUT2D eigenvalue weighted by atomic mass is 16.7. The molecule has 0 aliphatic carbocycles. The van der Waals surface area contributed by atoms with Crippen molar-refractivity contribution >= 4 is 5.91 Å². The summed E-state index contributed by atoms with van der Waals surface area (Å²) in [5, 5.41) is 1.49. The molecule has 0 saturated carbocycles. The maximum Gasteiger partial charge on any atom is 0.251 e. The third kappa shape index (κ3) is 2.67. The number of nitrogens with zero attached hydrogens (tertiary/aromatic N) is 1. The minimum absolute atomic E-state index is 0.135. The van der Waals surface area contributed by atoms with Crippen molar-refractivity contribution in [2.75, 3.05) is 6.54 Å². The Morgan fingerprint density at radius 3 is 2.71 bits per heavy atom. The lowest BCUT2D eigenvalue weighted by Gasteiger charge is -2.39. The van der Waals surface area contributed by atoms with Gasteiger partial charge in [0, 0.05) is 0 Å². The Labute approximate surface area is 102 Å². The minimum Gasteiger partial charge on any atom is -0.272 e. The number of amides is 1. The van der Waals surface area contributed by atoms with Crippen molar-refractivity contribution in [2.24, 2.45) is 11.8 Å². The van der Waals surface area contributed by atoms with E-state index in [2.05, 4.69) is 13.8 Å². The lowest BCUT2D eigenvalue weighted by atomic mass is 9.86. The highest BCUT2D eigenvalue weighted by Gasteiger charge is 2.40. The molecule has 0 spiro atoms. The Kier molecular flexibility index (Phi) is 3.79. The summed E-state index contributed by atoms with van der Waals surface area (Å²) in [4.78, 5) is 17.3. The molecule has 0 aromatic heterocycles. The predicted molar refractivity (Wildman–Crippen MR) is 65.9 cm³/mol. The van der Waals surface area contributed by atoms with Gasteiger partial charge in [-0.25, -0.2) is 5.06 Å². The Bertz CT molecular complexity index is 377. The fraction of sp³-hybridized carbons (Fsp3) is 0.500. The quantitative estimate of drug-likeness (QED) is 0.732. The molecule has 17 heavy (non-hydrogen) atoms. The molecule has 1 amide bonds. The lowest BCUT2D eigenvalue weighted by Crippen LogP contribution is -2.54. The molecule has 3 heteroatoms. The van der Waals surface area contributed by atoms with E-state index in [9.17, 15) is 4.79 Å². The molecule has 1 aliphatic heterocycles. The van der Waals surface area contributed by atoms with E-state index in [1.165, 1.54) is 5.06 Å². The van der Waals surface area contributed by atoms with Crippen LogP contribution in [-0.4, -0.2) is 17.5 Å². The molecular weight excluding hydrogens is 214 g/mol. The molecule has 1 unspecified atom stereocenters. The van der Waals surface area contributed by atoms with Crippen molar-refractivity contribution in [3.8, 4) is 0 Å². The summed E-state index contributed by atoms with van der Waals surface area (Å²) in [6, 6.07) is 9.90. The van der Waals surface area contributed by atoms with Crippen LogP contribution in [0, 0.1) is 11.8 Å². The van der Waals surface area contributed by atoms with Gasteiger partial charge in [-0.1, -0.05) is 50.6 Å². The first kappa shape index (κ1) is 12.1. The van der Waals surface area contributed by atoms with Gasteiger partial charge in [0.2, 0.25) is 0 Å². The SMILES string of the molecule is CCC(C)[C@@H]1CN(OCc2ccccc2)C1=O. The van der Waals surface area contributed by atoms with Gasteiger partial charge < -0.3 is 0 Å². The third-order valence-corrected chi connectivity index (χ3v) is 3.49. The lowest BCUT2D eigenvalue weighted by molar-refractivity contribution is -0.229. The number of hydrogen-bond acceptors (Lipinski definition) is 2. The van der Waals surface area contributed by atoms with Gasteiger partial charge in [-0.15, -0.1) is 0 Å². The topological polar surface area (TPSA) is 29.5 Å². The normalized spacial score (nSPS) is 21.2. The van der Waals surface area contributed by atoms with Gasteiger partial charge in [0.05, 0.1) is 12.5 Å². The fourth-order valence-corrected chi connectivity index (χ4v) is 1.97. The first-order chi connectivity index (χ1) is 8.22. The van der Waals surface area contributed by atoms with Gasteiger partial charge in [-0.05, 0) is 11.5 Å². The zero-order chi connectivity index (χ0) is 12.3. The molecular formula is C14H19NO2. The maximum atomic E-state index is 11.8. The van der Waals surface area contributed by atoms with Crippen molar-refractivity contribution in [3.05, 3.63) is 35.9 Å². The van der Waals surface area contributed by atoms with Crippen molar-refractivity contribution in [1.29, 1.82) is 0 Å². The van der Waals surface area contributed by atoms with E-state index in [0.29, 0.717) is 12.5 Å². The predicted octanol–water partition coefficient (Wildman–Crippen LogP) is 2.62.